The average Bonchev–Trinajstić information content (AvgIpc) is 2.65. The third kappa shape index (κ3) is 6.22. The maximum Gasteiger partial charge on any atom is 0.335 e. The minimum absolute atomic E-state index is 0.0600. The van der Waals surface area contributed by atoms with Gasteiger partial charge in [0, 0.05) is 18.5 Å². The molecule has 0 aromatic heterocycles. The summed E-state index contributed by atoms with van der Waals surface area (Å²) in [5, 5.41) is 2.34. The van der Waals surface area contributed by atoms with E-state index in [0.29, 0.717) is 24.0 Å². The van der Waals surface area contributed by atoms with Crippen LogP contribution in [-0.2, 0) is 20.9 Å². The van der Waals surface area contributed by atoms with Crippen LogP contribution in [0.25, 0.3) is 0 Å². The van der Waals surface area contributed by atoms with Gasteiger partial charge in [-0.05, 0) is 62.8 Å². The van der Waals surface area contributed by atoms with Gasteiger partial charge in [0.1, 0.15) is 5.69 Å². The Kier molecular flexibility index (Phi) is 8.29. The molecule has 1 aliphatic rings. The molecule has 0 saturated carbocycles. The summed E-state index contributed by atoms with van der Waals surface area (Å²) in [5.74, 6) is -2.08. The first-order chi connectivity index (χ1) is 13.3. The molecule has 1 amide bonds. The molecule has 8 heteroatoms. The standard InChI is InChI=1S/C20H26F2N2O3S/c1-4-18(25)23-11-13-9-15(21)19(16(22)10-13)24-28-17-8-6-5-7-14(17)20(26)27-12(2)3/h7,9-10,12,17,24H,4-6,8,11H2,1-3H3,(H,23,25). The molecule has 2 N–H and O–H groups in total. The Bertz CT molecular complexity index is 730. The van der Waals surface area contributed by atoms with Gasteiger partial charge in [0.05, 0.1) is 11.4 Å². The Balaban J connectivity index is 2.04. The van der Waals surface area contributed by atoms with Crippen molar-refractivity contribution in [3.05, 3.63) is 41.0 Å². The lowest BCUT2D eigenvalue weighted by Crippen LogP contribution is -2.24. The van der Waals surface area contributed by atoms with Crippen LogP contribution in [0.1, 0.15) is 52.0 Å². The fraction of sp³-hybridized carbons (Fsp3) is 0.500. The van der Waals surface area contributed by atoms with Crippen LogP contribution in [0.2, 0.25) is 0 Å². The number of anilines is 1. The van der Waals surface area contributed by atoms with E-state index in [1.807, 2.05) is 6.08 Å². The predicted molar refractivity (Wildman–Crippen MR) is 107 cm³/mol. The molecule has 1 atom stereocenters. The number of amides is 1. The Morgan fingerprint density at radius 3 is 2.57 bits per heavy atom. The third-order valence-electron chi connectivity index (χ3n) is 4.18. The van der Waals surface area contributed by atoms with Crippen molar-refractivity contribution in [1.29, 1.82) is 0 Å². The van der Waals surface area contributed by atoms with E-state index in [-0.39, 0.29) is 29.5 Å². The van der Waals surface area contributed by atoms with Crippen molar-refractivity contribution >= 4 is 29.5 Å². The molecule has 5 nitrogen and oxygen atoms in total. The van der Waals surface area contributed by atoms with Gasteiger partial charge in [0.2, 0.25) is 5.91 Å². The van der Waals surface area contributed by atoms with Gasteiger partial charge in [-0.2, -0.15) is 0 Å². The van der Waals surface area contributed by atoms with E-state index in [4.69, 9.17) is 4.74 Å². The summed E-state index contributed by atoms with van der Waals surface area (Å²) < 4.78 is 36.7. The smallest absolute Gasteiger partial charge is 0.335 e. The number of carbonyl (C=O) groups is 2. The summed E-state index contributed by atoms with van der Waals surface area (Å²) in [6.07, 6.45) is 4.28. The summed E-state index contributed by atoms with van der Waals surface area (Å²) in [5.41, 5.74) is 0.598. The number of benzene rings is 1. The molecule has 0 bridgehead atoms. The molecule has 0 spiro atoms. The number of hydrogen-bond donors (Lipinski definition) is 2. The second-order valence-electron chi connectivity index (χ2n) is 6.82. The van der Waals surface area contributed by atoms with Crippen molar-refractivity contribution in [2.45, 2.75) is 64.4 Å². The van der Waals surface area contributed by atoms with Gasteiger partial charge in [-0.25, -0.2) is 13.6 Å². The molecular weight excluding hydrogens is 386 g/mol. The van der Waals surface area contributed by atoms with E-state index in [1.54, 1.807) is 20.8 Å². The second-order valence-corrected chi connectivity index (χ2v) is 7.83. The summed E-state index contributed by atoms with van der Waals surface area (Å²) in [4.78, 5) is 23.5. The van der Waals surface area contributed by atoms with Crippen molar-refractivity contribution in [2.75, 3.05) is 4.72 Å². The summed E-state index contributed by atoms with van der Waals surface area (Å²) in [7, 11) is 0. The van der Waals surface area contributed by atoms with E-state index in [2.05, 4.69) is 10.0 Å². The fourth-order valence-corrected chi connectivity index (χ4v) is 3.81. The summed E-state index contributed by atoms with van der Waals surface area (Å²) in [6.45, 7) is 5.31. The maximum absolute atomic E-state index is 14.4. The van der Waals surface area contributed by atoms with Crippen LogP contribution in [0.15, 0.2) is 23.8 Å². The number of halogens is 2. The first-order valence-corrected chi connectivity index (χ1v) is 10.3. The Labute approximate surface area is 168 Å². The van der Waals surface area contributed by atoms with Crippen LogP contribution >= 0.6 is 11.9 Å². The molecule has 1 unspecified atom stereocenters. The quantitative estimate of drug-likeness (QED) is 0.487. The molecule has 28 heavy (non-hydrogen) atoms. The van der Waals surface area contributed by atoms with Gasteiger partial charge in [-0.15, -0.1) is 0 Å². The second kappa shape index (κ2) is 10.5. The van der Waals surface area contributed by atoms with Gasteiger partial charge in [0.25, 0.3) is 0 Å². The van der Waals surface area contributed by atoms with Crippen molar-refractivity contribution in [3.63, 3.8) is 0 Å². The third-order valence-corrected chi connectivity index (χ3v) is 5.27. The van der Waals surface area contributed by atoms with E-state index < -0.39 is 17.6 Å². The molecule has 154 valence electrons. The SMILES string of the molecule is CCC(=O)NCc1cc(F)c(NSC2CCCC=C2C(=O)OC(C)C)c(F)c1. The van der Waals surface area contributed by atoms with E-state index in [1.165, 1.54) is 12.1 Å². The zero-order valence-corrected chi connectivity index (χ0v) is 17.1. The molecule has 0 fully saturated rings. The van der Waals surface area contributed by atoms with Crippen LogP contribution in [0.5, 0.6) is 0 Å². The number of carbonyl (C=O) groups excluding carboxylic acids is 2. The Hall–Kier alpha value is -2.09. The van der Waals surface area contributed by atoms with E-state index in [0.717, 1.165) is 24.8 Å². The van der Waals surface area contributed by atoms with E-state index >= 15 is 0 Å². The van der Waals surface area contributed by atoms with Crippen LogP contribution in [0.4, 0.5) is 14.5 Å². The molecule has 0 saturated heterocycles. The van der Waals surface area contributed by atoms with Crippen LogP contribution in [0, 0.1) is 11.6 Å². The molecule has 0 heterocycles. The van der Waals surface area contributed by atoms with E-state index in [9.17, 15) is 18.4 Å². The largest absolute Gasteiger partial charge is 0.460 e. The molecule has 0 radical (unpaired) electrons. The highest BCUT2D eigenvalue weighted by atomic mass is 32.2. The molecule has 1 aliphatic carbocycles. The van der Waals surface area contributed by atoms with Crippen LogP contribution in [-0.4, -0.2) is 23.2 Å². The molecule has 1 aromatic carbocycles. The van der Waals surface area contributed by atoms with Gasteiger partial charge in [0.15, 0.2) is 11.6 Å². The zero-order chi connectivity index (χ0) is 20.7. The van der Waals surface area contributed by atoms with Gasteiger partial charge >= 0.3 is 5.97 Å². The minimum Gasteiger partial charge on any atom is -0.460 e. The average molecular weight is 413 g/mol. The van der Waals surface area contributed by atoms with Crippen molar-refractivity contribution in [1.82, 2.24) is 5.32 Å². The zero-order valence-electron chi connectivity index (χ0n) is 16.3. The van der Waals surface area contributed by atoms with Crippen molar-refractivity contribution < 1.29 is 23.1 Å². The highest BCUT2D eigenvalue weighted by Gasteiger charge is 2.27. The Morgan fingerprint density at radius 1 is 1.29 bits per heavy atom. The topological polar surface area (TPSA) is 67.4 Å². The number of hydrogen-bond acceptors (Lipinski definition) is 5. The predicted octanol–water partition coefficient (Wildman–Crippen LogP) is 4.48. The number of esters is 1. The highest BCUT2D eigenvalue weighted by molar-refractivity contribution is 8.01. The summed E-state index contributed by atoms with van der Waals surface area (Å²) >= 11 is 1.10. The number of rotatable bonds is 8. The highest BCUT2D eigenvalue weighted by Crippen LogP contribution is 2.33. The van der Waals surface area contributed by atoms with Gasteiger partial charge < -0.3 is 14.8 Å². The lowest BCUT2D eigenvalue weighted by Gasteiger charge is -2.24. The maximum atomic E-state index is 14.4. The summed E-state index contributed by atoms with van der Waals surface area (Å²) in [6, 6.07) is 2.37. The van der Waals surface area contributed by atoms with Crippen molar-refractivity contribution in [3.8, 4) is 0 Å². The van der Waals surface area contributed by atoms with Crippen LogP contribution in [0.3, 0.4) is 0 Å². The number of allylic oxidation sites excluding steroid dienone is 1. The van der Waals surface area contributed by atoms with Crippen molar-refractivity contribution in [2.24, 2.45) is 0 Å². The molecular formula is C20H26F2N2O3S. The lowest BCUT2D eigenvalue weighted by molar-refractivity contribution is -0.142. The molecule has 0 aliphatic heterocycles. The molecule has 1 aromatic rings. The first kappa shape index (κ1) is 22.2. The fourth-order valence-electron chi connectivity index (χ4n) is 2.75. The minimum atomic E-state index is -0.751. The number of ether oxygens (including phenoxy) is 1. The number of nitrogens with one attached hydrogen (secondary N) is 2. The normalized spacial score (nSPS) is 16.5. The molecule has 2 rings (SSSR count). The van der Waals surface area contributed by atoms with Crippen LogP contribution < -0.4 is 10.0 Å². The lowest BCUT2D eigenvalue weighted by atomic mass is 9.99. The Morgan fingerprint density at radius 2 is 1.96 bits per heavy atom. The van der Waals surface area contributed by atoms with Gasteiger partial charge in [-0.1, -0.05) is 13.0 Å². The first-order valence-electron chi connectivity index (χ1n) is 9.39. The monoisotopic (exact) mass is 412 g/mol. The van der Waals surface area contributed by atoms with Gasteiger partial charge in [-0.3, -0.25) is 4.79 Å².